The summed E-state index contributed by atoms with van der Waals surface area (Å²) in [5.41, 5.74) is 0. The average Bonchev–Trinajstić information content (AvgIpc) is 2.21. The second-order valence-corrected chi connectivity index (χ2v) is 4.62. The first kappa shape index (κ1) is 14.9. The Morgan fingerprint density at radius 2 is 1.81 bits per heavy atom. The summed E-state index contributed by atoms with van der Waals surface area (Å²) in [6.07, 6.45) is 1.82. The molecule has 94 valence electrons. The van der Waals surface area contributed by atoms with Crippen LogP contribution in [0.25, 0.3) is 0 Å². The van der Waals surface area contributed by atoms with E-state index in [2.05, 4.69) is 5.32 Å². The minimum absolute atomic E-state index is 0.00834. The number of carbonyl (C=O) groups is 2. The summed E-state index contributed by atoms with van der Waals surface area (Å²) in [6, 6.07) is 0. The molecule has 0 aromatic rings. The minimum atomic E-state index is -0.878. The lowest BCUT2D eigenvalue weighted by atomic mass is 9.90. The highest BCUT2D eigenvalue weighted by molar-refractivity contribution is 5.79. The van der Waals surface area contributed by atoms with Crippen LogP contribution in [0.15, 0.2) is 0 Å². The van der Waals surface area contributed by atoms with E-state index in [4.69, 9.17) is 5.11 Å². The lowest BCUT2D eigenvalue weighted by molar-refractivity contribution is -0.141. The molecule has 0 aromatic heterocycles. The van der Waals surface area contributed by atoms with E-state index >= 15 is 0 Å². The van der Waals surface area contributed by atoms with E-state index in [1.807, 2.05) is 20.8 Å². The number of carbonyl (C=O) groups excluding carboxylic acids is 1. The third-order valence-electron chi connectivity index (χ3n) is 2.75. The fraction of sp³-hybridized carbons (Fsp3) is 0.833. The van der Waals surface area contributed by atoms with Crippen molar-refractivity contribution in [1.82, 2.24) is 5.32 Å². The minimum Gasteiger partial charge on any atom is -0.481 e. The van der Waals surface area contributed by atoms with Crippen molar-refractivity contribution < 1.29 is 14.7 Å². The summed E-state index contributed by atoms with van der Waals surface area (Å²) < 4.78 is 0. The van der Waals surface area contributed by atoms with Crippen LogP contribution in [0.5, 0.6) is 0 Å². The lowest BCUT2D eigenvalue weighted by Crippen LogP contribution is -2.37. The Bertz CT molecular complexity index is 238. The number of carboxylic acids is 1. The SMILES string of the molecule is CCCC(C(=O)NCC(C)C(=O)O)C(C)C. The van der Waals surface area contributed by atoms with E-state index in [0.717, 1.165) is 12.8 Å². The lowest BCUT2D eigenvalue weighted by Gasteiger charge is -2.20. The topological polar surface area (TPSA) is 66.4 Å². The molecule has 0 rings (SSSR count). The van der Waals surface area contributed by atoms with Gasteiger partial charge in [0.15, 0.2) is 0 Å². The molecule has 16 heavy (non-hydrogen) atoms. The van der Waals surface area contributed by atoms with Crippen molar-refractivity contribution in [1.29, 1.82) is 0 Å². The molecule has 0 aliphatic carbocycles. The number of nitrogens with one attached hydrogen (secondary N) is 1. The van der Waals surface area contributed by atoms with Gasteiger partial charge in [-0.15, -0.1) is 0 Å². The molecule has 2 unspecified atom stereocenters. The molecular formula is C12H23NO3. The van der Waals surface area contributed by atoms with Crippen LogP contribution in [0.1, 0.15) is 40.5 Å². The van der Waals surface area contributed by atoms with Gasteiger partial charge in [-0.2, -0.15) is 0 Å². The van der Waals surface area contributed by atoms with Crippen LogP contribution in [-0.2, 0) is 9.59 Å². The molecule has 0 bridgehead atoms. The molecule has 4 heteroatoms. The third kappa shape index (κ3) is 5.14. The van der Waals surface area contributed by atoms with Crippen LogP contribution in [0, 0.1) is 17.8 Å². The highest BCUT2D eigenvalue weighted by Crippen LogP contribution is 2.17. The van der Waals surface area contributed by atoms with Crippen molar-refractivity contribution in [3.63, 3.8) is 0 Å². The maximum absolute atomic E-state index is 11.8. The van der Waals surface area contributed by atoms with E-state index in [1.54, 1.807) is 6.92 Å². The van der Waals surface area contributed by atoms with Crippen LogP contribution >= 0.6 is 0 Å². The normalized spacial score (nSPS) is 14.6. The van der Waals surface area contributed by atoms with E-state index < -0.39 is 11.9 Å². The molecule has 4 nitrogen and oxygen atoms in total. The Labute approximate surface area is 97.4 Å². The van der Waals surface area contributed by atoms with Gasteiger partial charge in [0.05, 0.1) is 5.92 Å². The summed E-state index contributed by atoms with van der Waals surface area (Å²) >= 11 is 0. The molecule has 2 N–H and O–H groups in total. The summed E-state index contributed by atoms with van der Waals surface area (Å²) in [6.45, 7) is 7.87. The Morgan fingerprint density at radius 1 is 1.25 bits per heavy atom. The zero-order valence-electron chi connectivity index (χ0n) is 10.6. The van der Waals surface area contributed by atoms with Gasteiger partial charge in [0.25, 0.3) is 0 Å². The number of carboxylic acid groups (broad SMARTS) is 1. The van der Waals surface area contributed by atoms with E-state index in [-0.39, 0.29) is 18.4 Å². The zero-order chi connectivity index (χ0) is 12.7. The van der Waals surface area contributed by atoms with Gasteiger partial charge in [0.1, 0.15) is 0 Å². The first-order chi connectivity index (χ1) is 7.40. The number of amides is 1. The molecular weight excluding hydrogens is 206 g/mol. The Kier molecular flexibility index (Phi) is 6.77. The summed E-state index contributed by atoms with van der Waals surface area (Å²) in [5, 5.41) is 11.4. The molecule has 0 aromatic carbocycles. The Balaban J connectivity index is 4.16. The Hall–Kier alpha value is -1.06. The molecule has 0 fully saturated rings. The van der Waals surface area contributed by atoms with Gasteiger partial charge in [0, 0.05) is 12.5 Å². The van der Waals surface area contributed by atoms with E-state index in [1.165, 1.54) is 0 Å². The van der Waals surface area contributed by atoms with Crippen molar-refractivity contribution in [2.75, 3.05) is 6.54 Å². The molecule has 0 spiro atoms. The summed E-state index contributed by atoms with van der Waals surface area (Å²) in [4.78, 5) is 22.4. The van der Waals surface area contributed by atoms with Crippen LogP contribution in [0.4, 0.5) is 0 Å². The Morgan fingerprint density at radius 3 is 2.19 bits per heavy atom. The predicted molar refractivity (Wildman–Crippen MR) is 63.0 cm³/mol. The molecule has 0 aliphatic rings. The molecule has 2 atom stereocenters. The quantitative estimate of drug-likeness (QED) is 0.700. The monoisotopic (exact) mass is 229 g/mol. The van der Waals surface area contributed by atoms with Gasteiger partial charge < -0.3 is 10.4 Å². The summed E-state index contributed by atoms with van der Waals surface area (Å²) in [7, 11) is 0. The maximum Gasteiger partial charge on any atom is 0.308 e. The van der Waals surface area contributed by atoms with Gasteiger partial charge >= 0.3 is 5.97 Å². The van der Waals surface area contributed by atoms with Crippen LogP contribution in [-0.4, -0.2) is 23.5 Å². The van der Waals surface area contributed by atoms with Crippen molar-refractivity contribution in [3.05, 3.63) is 0 Å². The van der Waals surface area contributed by atoms with Gasteiger partial charge in [-0.3, -0.25) is 9.59 Å². The first-order valence-corrected chi connectivity index (χ1v) is 5.90. The van der Waals surface area contributed by atoms with Crippen LogP contribution < -0.4 is 5.32 Å². The fourth-order valence-corrected chi connectivity index (χ4v) is 1.55. The third-order valence-corrected chi connectivity index (χ3v) is 2.75. The molecule has 0 heterocycles. The number of aliphatic carboxylic acids is 1. The molecule has 0 saturated heterocycles. The molecule has 0 radical (unpaired) electrons. The second-order valence-electron chi connectivity index (χ2n) is 4.62. The highest BCUT2D eigenvalue weighted by atomic mass is 16.4. The van der Waals surface area contributed by atoms with Crippen molar-refractivity contribution in [2.45, 2.75) is 40.5 Å². The maximum atomic E-state index is 11.8. The van der Waals surface area contributed by atoms with E-state index in [9.17, 15) is 9.59 Å². The van der Waals surface area contributed by atoms with Crippen molar-refractivity contribution in [2.24, 2.45) is 17.8 Å². The summed E-state index contributed by atoms with van der Waals surface area (Å²) in [5.74, 6) is -1.15. The van der Waals surface area contributed by atoms with Gasteiger partial charge in [-0.05, 0) is 12.3 Å². The molecule has 0 aliphatic heterocycles. The fourth-order valence-electron chi connectivity index (χ4n) is 1.55. The zero-order valence-corrected chi connectivity index (χ0v) is 10.6. The first-order valence-electron chi connectivity index (χ1n) is 5.90. The molecule has 1 amide bonds. The van der Waals surface area contributed by atoms with Crippen LogP contribution in [0.3, 0.4) is 0 Å². The average molecular weight is 229 g/mol. The largest absolute Gasteiger partial charge is 0.481 e. The standard InChI is InChI=1S/C12H23NO3/c1-5-6-10(8(2)3)11(14)13-7-9(4)12(15)16/h8-10H,5-7H2,1-4H3,(H,13,14)(H,15,16). The van der Waals surface area contributed by atoms with Crippen molar-refractivity contribution >= 4 is 11.9 Å². The number of hydrogen-bond acceptors (Lipinski definition) is 2. The van der Waals surface area contributed by atoms with E-state index in [0.29, 0.717) is 5.92 Å². The smallest absolute Gasteiger partial charge is 0.308 e. The number of hydrogen-bond donors (Lipinski definition) is 2. The van der Waals surface area contributed by atoms with Gasteiger partial charge in [-0.1, -0.05) is 34.1 Å². The van der Waals surface area contributed by atoms with Crippen molar-refractivity contribution in [3.8, 4) is 0 Å². The van der Waals surface area contributed by atoms with Gasteiger partial charge in [0.2, 0.25) is 5.91 Å². The van der Waals surface area contributed by atoms with Crippen LogP contribution in [0.2, 0.25) is 0 Å². The highest BCUT2D eigenvalue weighted by Gasteiger charge is 2.22. The van der Waals surface area contributed by atoms with Gasteiger partial charge in [-0.25, -0.2) is 0 Å². The number of rotatable bonds is 7. The molecule has 0 saturated carbocycles. The predicted octanol–water partition coefficient (Wildman–Crippen LogP) is 1.90. The second kappa shape index (κ2) is 7.25.